The molecule has 5 nitrogen and oxygen atoms in total. The van der Waals surface area contributed by atoms with E-state index < -0.39 is 10.3 Å². The molecule has 0 aromatic heterocycles. The summed E-state index contributed by atoms with van der Waals surface area (Å²) in [6.07, 6.45) is 0. The van der Waals surface area contributed by atoms with Crippen LogP contribution in [0.1, 0.15) is 5.56 Å². The third-order valence-electron chi connectivity index (χ3n) is 1.59. The molecule has 0 saturated heterocycles. The standard InChI is InChI=1S/C8H11NO4S.Na/c1-13-8-4-2-3-7(5-8)6-9-14(10,11)12;/h2-5,9H,6H2,1H3,(H,10,11,12);/q;+1/p-1. The van der Waals surface area contributed by atoms with E-state index in [1.54, 1.807) is 24.3 Å². The summed E-state index contributed by atoms with van der Waals surface area (Å²) in [7, 11) is -2.87. The first-order chi connectivity index (χ1) is 6.51. The summed E-state index contributed by atoms with van der Waals surface area (Å²) in [4.78, 5) is 0. The fourth-order valence-electron chi connectivity index (χ4n) is 0.954. The molecule has 0 spiro atoms. The van der Waals surface area contributed by atoms with Crippen molar-refractivity contribution < 1.29 is 47.3 Å². The van der Waals surface area contributed by atoms with Gasteiger partial charge in [-0.1, -0.05) is 12.1 Å². The van der Waals surface area contributed by atoms with Crippen LogP contribution in [0.4, 0.5) is 0 Å². The van der Waals surface area contributed by atoms with Crippen LogP contribution in [0.3, 0.4) is 0 Å². The topological polar surface area (TPSA) is 78.5 Å². The third kappa shape index (κ3) is 6.14. The number of ether oxygens (including phenoxy) is 1. The number of rotatable bonds is 4. The molecule has 0 saturated carbocycles. The molecule has 78 valence electrons. The van der Waals surface area contributed by atoms with Gasteiger partial charge in [0.1, 0.15) is 5.75 Å². The average molecular weight is 239 g/mol. The van der Waals surface area contributed by atoms with Crippen molar-refractivity contribution in [1.82, 2.24) is 4.72 Å². The normalized spacial score (nSPS) is 10.5. The Hall–Kier alpha value is -0.110. The molecule has 1 rings (SSSR count). The Morgan fingerprint density at radius 2 is 2.13 bits per heavy atom. The smallest absolute Gasteiger partial charge is 0.735 e. The number of benzene rings is 1. The summed E-state index contributed by atoms with van der Waals surface area (Å²) >= 11 is 0. The molecule has 0 aliphatic carbocycles. The van der Waals surface area contributed by atoms with Crippen molar-refractivity contribution in [2.75, 3.05) is 7.11 Å². The Balaban J connectivity index is 0.00000196. The molecule has 0 atom stereocenters. The van der Waals surface area contributed by atoms with E-state index in [9.17, 15) is 13.0 Å². The van der Waals surface area contributed by atoms with E-state index in [0.29, 0.717) is 11.3 Å². The second-order valence-electron chi connectivity index (χ2n) is 2.63. The summed E-state index contributed by atoms with van der Waals surface area (Å²) < 4.78 is 37.6. The van der Waals surface area contributed by atoms with Gasteiger partial charge in [-0.25, -0.2) is 13.1 Å². The van der Waals surface area contributed by atoms with Crippen molar-refractivity contribution in [1.29, 1.82) is 0 Å². The zero-order valence-corrected chi connectivity index (χ0v) is 11.4. The second-order valence-corrected chi connectivity index (χ2v) is 3.82. The molecular formula is C8H10NNaO4S. The van der Waals surface area contributed by atoms with Crippen molar-refractivity contribution in [2.45, 2.75) is 6.54 Å². The zero-order valence-electron chi connectivity index (χ0n) is 8.56. The van der Waals surface area contributed by atoms with Gasteiger partial charge >= 0.3 is 29.6 Å². The van der Waals surface area contributed by atoms with Crippen LogP contribution in [0.15, 0.2) is 24.3 Å². The molecule has 1 aromatic rings. The summed E-state index contributed by atoms with van der Waals surface area (Å²) in [5, 5.41) is 0. The maximum Gasteiger partial charge on any atom is 1.00 e. The first-order valence-electron chi connectivity index (χ1n) is 3.84. The van der Waals surface area contributed by atoms with Gasteiger partial charge in [0.15, 0.2) is 10.3 Å². The number of nitrogens with one attached hydrogen (secondary N) is 1. The molecule has 7 heteroatoms. The molecule has 15 heavy (non-hydrogen) atoms. The molecular weight excluding hydrogens is 229 g/mol. The van der Waals surface area contributed by atoms with Crippen LogP contribution in [0.5, 0.6) is 5.75 Å². The quantitative estimate of drug-likeness (QED) is 0.456. The molecule has 0 fully saturated rings. The van der Waals surface area contributed by atoms with Gasteiger partial charge < -0.3 is 9.29 Å². The van der Waals surface area contributed by atoms with Crippen LogP contribution < -0.4 is 39.0 Å². The van der Waals surface area contributed by atoms with E-state index in [0.717, 1.165) is 0 Å². The Kier molecular flexibility index (Phi) is 6.42. The van der Waals surface area contributed by atoms with Gasteiger partial charge in [-0.15, -0.1) is 0 Å². The van der Waals surface area contributed by atoms with Crippen molar-refractivity contribution in [3.63, 3.8) is 0 Å². The van der Waals surface area contributed by atoms with E-state index in [2.05, 4.69) is 0 Å². The van der Waals surface area contributed by atoms with Crippen LogP contribution >= 0.6 is 0 Å². The van der Waals surface area contributed by atoms with E-state index in [4.69, 9.17) is 4.74 Å². The van der Waals surface area contributed by atoms with Gasteiger partial charge in [-0.05, 0) is 17.7 Å². The second kappa shape index (κ2) is 6.47. The third-order valence-corrected chi connectivity index (χ3v) is 2.09. The van der Waals surface area contributed by atoms with E-state index in [1.807, 2.05) is 4.72 Å². The Labute approximate surface area is 111 Å². The summed E-state index contributed by atoms with van der Waals surface area (Å²) in [5.74, 6) is 0.618. The molecule has 0 amide bonds. The first kappa shape index (κ1) is 14.9. The largest absolute Gasteiger partial charge is 1.00 e. The van der Waals surface area contributed by atoms with Gasteiger partial charge in [0.05, 0.1) is 7.11 Å². The van der Waals surface area contributed by atoms with E-state index >= 15 is 0 Å². The maximum absolute atomic E-state index is 10.3. The number of hydrogen-bond donors (Lipinski definition) is 1. The minimum Gasteiger partial charge on any atom is -0.735 e. The van der Waals surface area contributed by atoms with Gasteiger partial charge in [0, 0.05) is 6.54 Å². The summed E-state index contributed by atoms with van der Waals surface area (Å²) in [6, 6.07) is 6.79. The monoisotopic (exact) mass is 239 g/mol. The average Bonchev–Trinajstić information content (AvgIpc) is 2.14. The molecule has 1 aromatic carbocycles. The minimum absolute atomic E-state index is 0. The predicted molar refractivity (Wildman–Crippen MR) is 49.5 cm³/mol. The Morgan fingerprint density at radius 1 is 1.47 bits per heavy atom. The van der Waals surface area contributed by atoms with Crippen LogP contribution in [0.2, 0.25) is 0 Å². The van der Waals surface area contributed by atoms with Crippen LogP contribution in [0.25, 0.3) is 0 Å². The van der Waals surface area contributed by atoms with E-state index in [1.165, 1.54) is 7.11 Å². The fourth-order valence-corrected chi connectivity index (χ4v) is 1.30. The van der Waals surface area contributed by atoms with Gasteiger partial charge in [-0.3, -0.25) is 0 Å². The number of methoxy groups -OCH3 is 1. The SMILES string of the molecule is COc1cccc(CNS(=O)(=O)[O-])c1.[Na+]. The van der Waals surface area contributed by atoms with Gasteiger partial charge in [0.25, 0.3) is 0 Å². The maximum atomic E-state index is 10.3. The summed E-state index contributed by atoms with van der Waals surface area (Å²) in [5.41, 5.74) is 0.670. The van der Waals surface area contributed by atoms with Gasteiger partial charge in [-0.2, -0.15) is 0 Å². The molecule has 1 N–H and O–H groups in total. The molecule has 0 unspecified atom stereocenters. The van der Waals surface area contributed by atoms with Crippen molar-refractivity contribution in [2.24, 2.45) is 0 Å². The van der Waals surface area contributed by atoms with E-state index in [-0.39, 0.29) is 36.1 Å². The summed E-state index contributed by atoms with van der Waals surface area (Å²) in [6.45, 7) is -0.0248. The fraction of sp³-hybridized carbons (Fsp3) is 0.250. The Bertz CT molecular complexity index is 407. The Morgan fingerprint density at radius 3 is 2.67 bits per heavy atom. The van der Waals surface area contributed by atoms with Crippen LogP contribution in [-0.2, 0) is 16.8 Å². The molecule has 0 radical (unpaired) electrons. The van der Waals surface area contributed by atoms with Crippen molar-refractivity contribution >= 4 is 10.3 Å². The first-order valence-corrected chi connectivity index (χ1v) is 5.25. The minimum atomic E-state index is -4.38. The van der Waals surface area contributed by atoms with Gasteiger partial charge in [0.2, 0.25) is 0 Å². The zero-order chi connectivity index (χ0) is 10.6. The predicted octanol–water partition coefficient (Wildman–Crippen LogP) is -2.75. The molecule has 0 aliphatic heterocycles. The molecule has 0 bridgehead atoms. The van der Waals surface area contributed by atoms with Crippen LogP contribution in [-0.4, -0.2) is 20.1 Å². The molecule has 0 aliphatic rings. The van der Waals surface area contributed by atoms with Crippen molar-refractivity contribution in [3.05, 3.63) is 29.8 Å². The number of hydrogen-bond acceptors (Lipinski definition) is 4. The van der Waals surface area contributed by atoms with Crippen molar-refractivity contribution in [3.8, 4) is 5.75 Å². The van der Waals surface area contributed by atoms with Crippen LogP contribution in [0, 0.1) is 0 Å². The molecule has 0 heterocycles.